The van der Waals surface area contributed by atoms with Gasteiger partial charge in [-0.05, 0) is 55.6 Å². The van der Waals surface area contributed by atoms with Gasteiger partial charge in [0.15, 0.2) is 0 Å². The number of rotatable bonds is 6. The standard InChI is InChI=1S/C17H22N4O2S2/c1-3-9-18-15(22)13-10-7-5-6-8-12(10)24-17(13)19-16(23)14-11(4-2)20-21-25-14/h3-9H2,1-2H3,(H,18,22)(H,19,23). The maximum Gasteiger partial charge on any atom is 0.269 e. The van der Waals surface area contributed by atoms with E-state index in [1.54, 1.807) is 0 Å². The lowest BCUT2D eigenvalue weighted by molar-refractivity contribution is 0.0954. The van der Waals surface area contributed by atoms with E-state index in [1.165, 1.54) is 16.2 Å². The molecule has 1 aliphatic carbocycles. The van der Waals surface area contributed by atoms with Gasteiger partial charge in [0.2, 0.25) is 0 Å². The molecule has 0 radical (unpaired) electrons. The second-order valence-electron chi connectivity index (χ2n) is 6.03. The number of amides is 2. The number of carbonyl (C=O) groups is 2. The summed E-state index contributed by atoms with van der Waals surface area (Å²) in [6.07, 6.45) is 5.64. The summed E-state index contributed by atoms with van der Waals surface area (Å²) in [5.41, 5.74) is 2.45. The number of carbonyl (C=O) groups excluding carboxylic acids is 2. The highest BCUT2D eigenvalue weighted by Crippen LogP contribution is 2.38. The van der Waals surface area contributed by atoms with Crippen LogP contribution in [0.25, 0.3) is 0 Å². The normalized spacial score (nSPS) is 13.4. The SMILES string of the molecule is CCCNC(=O)c1c(NC(=O)c2snnc2CC)sc2c1CCCC2. The van der Waals surface area contributed by atoms with Gasteiger partial charge in [0.05, 0.1) is 11.3 Å². The van der Waals surface area contributed by atoms with Crippen LogP contribution in [0, 0.1) is 0 Å². The number of thiophene rings is 1. The Hall–Kier alpha value is -1.80. The average molecular weight is 379 g/mol. The summed E-state index contributed by atoms with van der Waals surface area (Å²) in [7, 11) is 0. The molecule has 0 atom stereocenters. The highest BCUT2D eigenvalue weighted by molar-refractivity contribution is 7.17. The van der Waals surface area contributed by atoms with Crippen molar-refractivity contribution in [3.8, 4) is 0 Å². The van der Waals surface area contributed by atoms with Gasteiger partial charge in [-0.2, -0.15) is 0 Å². The van der Waals surface area contributed by atoms with Gasteiger partial charge in [-0.1, -0.05) is 18.3 Å². The lowest BCUT2D eigenvalue weighted by Gasteiger charge is -2.13. The van der Waals surface area contributed by atoms with Gasteiger partial charge < -0.3 is 10.6 Å². The van der Waals surface area contributed by atoms with Crippen LogP contribution < -0.4 is 10.6 Å². The Morgan fingerprint density at radius 2 is 1.96 bits per heavy atom. The first-order valence-corrected chi connectivity index (χ1v) is 10.3. The van der Waals surface area contributed by atoms with Gasteiger partial charge in [0.25, 0.3) is 11.8 Å². The largest absolute Gasteiger partial charge is 0.352 e. The van der Waals surface area contributed by atoms with Crippen LogP contribution in [0.4, 0.5) is 5.00 Å². The fraction of sp³-hybridized carbons (Fsp3) is 0.529. The molecule has 2 aromatic rings. The lowest BCUT2D eigenvalue weighted by Crippen LogP contribution is -2.26. The minimum atomic E-state index is -0.227. The van der Waals surface area contributed by atoms with E-state index in [9.17, 15) is 9.59 Å². The van der Waals surface area contributed by atoms with E-state index >= 15 is 0 Å². The molecule has 0 spiro atoms. The molecule has 0 fully saturated rings. The van der Waals surface area contributed by atoms with Crippen molar-refractivity contribution in [3.05, 3.63) is 26.6 Å². The van der Waals surface area contributed by atoms with Crippen molar-refractivity contribution in [2.24, 2.45) is 0 Å². The van der Waals surface area contributed by atoms with Crippen LogP contribution in [0.2, 0.25) is 0 Å². The summed E-state index contributed by atoms with van der Waals surface area (Å²) in [5, 5.41) is 10.5. The van der Waals surface area contributed by atoms with E-state index < -0.39 is 0 Å². The van der Waals surface area contributed by atoms with Crippen molar-refractivity contribution < 1.29 is 9.59 Å². The third-order valence-corrected chi connectivity index (χ3v) is 6.23. The second kappa shape index (κ2) is 8.05. The number of nitrogens with zero attached hydrogens (tertiary/aromatic N) is 2. The Morgan fingerprint density at radius 3 is 2.72 bits per heavy atom. The Morgan fingerprint density at radius 1 is 1.16 bits per heavy atom. The summed E-state index contributed by atoms with van der Waals surface area (Å²) < 4.78 is 3.87. The van der Waals surface area contributed by atoms with Crippen LogP contribution in [0.3, 0.4) is 0 Å². The summed E-state index contributed by atoms with van der Waals surface area (Å²) in [5.74, 6) is -0.315. The van der Waals surface area contributed by atoms with Crippen molar-refractivity contribution >= 4 is 39.7 Å². The first-order chi connectivity index (χ1) is 12.2. The molecule has 3 rings (SSSR count). The van der Waals surface area contributed by atoms with E-state index in [-0.39, 0.29) is 11.8 Å². The van der Waals surface area contributed by atoms with Crippen LogP contribution in [-0.4, -0.2) is 27.9 Å². The van der Waals surface area contributed by atoms with E-state index in [0.717, 1.165) is 49.2 Å². The number of hydrogen-bond acceptors (Lipinski definition) is 6. The number of hydrogen-bond donors (Lipinski definition) is 2. The summed E-state index contributed by atoms with van der Waals surface area (Å²) in [4.78, 5) is 27.1. The molecule has 25 heavy (non-hydrogen) atoms. The number of aryl methyl sites for hydroxylation is 2. The Balaban J connectivity index is 1.91. The van der Waals surface area contributed by atoms with Crippen LogP contribution in [0.1, 0.15) is 69.3 Å². The molecule has 0 unspecified atom stereocenters. The smallest absolute Gasteiger partial charge is 0.269 e. The molecule has 6 nitrogen and oxygen atoms in total. The van der Waals surface area contributed by atoms with Gasteiger partial charge >= 0.3 is 0 Å². The van der Waals surface area contributed by atoms with Crippen LogP contribution >= 0.6 is 22.9 Å². The molecule has 2 N–H and O–H groups in total. The molecular formula is C17H22N4O2S2. The average Bonchev–Trinajstić information content (AvgIpc) is 3.23. The number of nitrogens with one attached hydrogen (secondary N) is 2. The van der Waals surface area contributed by atoms with Crippen molar-refractivity contribution in [2.45, 2.75) is 52.4 Å². The first kappa shape index (κ1) is 18.0. The van der Waals surface area contributed by atoms with E-state index in [2.05, 4.69) is 20.2 Å². The van der Waals surface area contributed by atoms with Crippen molar-refractivity contribution in [3.63, 3.8) is 0 Å². The predicted octanol–water partition coefficient (Wildman–Crippen LogP) is 3.43. The van der Waals surface area contributed by atoms with E-state index in [0.29, 0.717) is 34.1 Å². The molecule has 0 bridgehead atoms. The van der Waals surface area contributed by atoms with Crippen LogP contribution in [-0.2, 0) is 19.3 Å². The van der Waals surface area contributed by atoms with Gasteiger partial charge in [-0.3, -0.25) is 9.59 Å². The minimum Gasteiger partial charge on any atom is -0.352 e. The quantitative estimate of drug-likeness (QED) is 0.806. The second-order valence-corrected chi connectivity index (χ2v) is 7.89. The minimum absolute atomic E-state index is 0.0882. The van der Waals surface area contributed by atoms with Crippen molar-refractivity contribution in [1.82, 2.24) is 14.9 Å². The third kappa shape index (κ3) is 3.74. The molecule has 0 aliphatic heterocycles. The number of fused-ring (bicyclic) bond motifs is 1. The molecular weight excluding hydrogens is 356 g/mol. The molecule has 0 aromatic carbocycles. The summed E-state index contributed by atoms with van der Waals surface area (Å²) >= 11 is 2.63. The van der Waals surface area contributed by atoms with Crippen molar-refractivity contribution in [1.29, 1.82) is 0 Å². The molecule has 0 saturated heterocycles. The highest BCUT2D eigenvalue weighted by Gasteiger charge is 2.27. The number of aromatic nitrogens is 2. The Labute approximate surface area is 155 Å². The van der Waals surface area contributed by atoms with Gasteiger partial charge in [0, 0.05) is 11.4 Å². The molecule has 134 valence electrons. The van der Waals surface area contributed by atoms with E-state index in [1.807, 2.05) is 13.8 Å². The van der Waals surface area contributed by atoms with Crippen LogP contribution in [0.5, 0.6) is 0 Å². The lowest BCUT2D eigenvalue weighted by atomic mass is 9.95. The van der Waals surface area contributed by atoms with Gasteiger partial charge in [0.1, 0.15) is 9.88 Å². The Kier molecular flexibility index (Phi) is 5.80. The molecule has 0 saturated carbocycles. The monoisotopic (exact) mass is 378 g/mol. The highest BCUT2D eigenvalue weighted by atomic mass is 32.1. The zero-order chi connectivity index (χ0) is 17.8. The van der Waals surface area contributed by atoms with Crippen LogP contribution in [0.15, 0.2) is 0 Å². The summed E-state index contributed by atoms with van der Waals surface area (Å²) in [6, 6.07) is 0. The topological polar surface area (TPSA) is 84.0 Å². The molecule has 2 amide bonds. The molecule has 2 heterocycles. The fourth-order valence-corrected chi connectivity index (χ4v) is 4.92. The molecule has 8 heteroatoms. The third-order valence-electron chi connectivity index (χ3n) is 4.26. The molecule has 1 aliphatic rings. The van der Waals surface area contributed by atoms with Crippen molar-refractivity contribution in [2.75, 3.05) is 11.9 Å². The number of anilines is 1. The molecule has 2 aromatic heterocycles. The fourth-order valence-electron chi connectivity index (χ4n) is 2.99. The first-order valence-electron chi connectivity index (χ1n) is 8.71. The maximum absolute atomic E-state index is 12.7. The Bertz CT molecular complexity index is 782. The zero-order valence-corrected chi connectivity index (χ0v) is 16.1. The van der Waals surface area contributed by atoms with E-state index in [4.69, 9.17) is 0 Å². The van der Waals surface area contributed by atoms with Gasteiger partial charge in [-0.25, -0.2) is 0 Å². The predicted molar refractivity (Wildman–Crippen MR) is 101 cm³/mol. The summed E-state index contributed by atoms with van der Waals surface area (Å²) in [6.45, 7) is 4.60. The zero-order valence-electron chi connectivity index (χ0n) is 14.5. The maximum atomic E-state index is 12.7. The van der Waals surface area contributed by atoms with Gasteiger partial charge in [-0.15, -0.1) is 16.4 Å².